The van der Waals surface area contributed by atoms with E-state index >= 15 is 0 Å². The van der Waals surface area contributed by atoms with Gasteiger partial charge >= 0.3 is 0 Å². The van der Waals surface area contributed by atoms with E-state index in [0.717, 1.165) is 6.26 Å². The van der Waals surface area contributed by atoms with Crippen LogP contribution in [0.15, 0.2) is 18.2 Å². The van der Waals surface area contributed by atoms with Crippen LogP contribution in [0.25, 0.3) is 0 Å². The quantitative estimate of drug-likeness (QED) is 0.743. The van der Waals surface area contributed by atoms with Crippen LogP contribution in [-0.2, 0) is 14.8 Å². The van der Waals surface area contributed by atoms with Crippen LogP contribution in [0.2, 0.25) is 5.02 Å². The summed E-state index contributed by atoms with van der Waals surface area (Å²) in [7, 11) is -3.39. The molecule has 1 amide bonds. The minimum absolute atomic E-state index is 0.0364. The molecule has 1 aromatic carbocycles. The zero-order valence-electron chi connectivity index (χ0n) is 11.3. The molecule has 1 atom stereocenters. The van der Waals surface area contributed by atoms with Gasteiger partial charge in [0.15, 0.2) is 0 Å². The second kappa shape index (κ2) is 6.92. The summed E-state index contributed by atoms with van der Waals surface area (Å²) in [6.45, 7) is 1.83. The molecule has 0 aliphatic heterocycles. The summed E-state index contributed by atoms with van der Waals surface area (Å²) in [4.78, 5) is 11.6. The summed E-state index contributed by atoms with van der Waals surface area (Å²) in [5.74, 6) is -0.165. The van der Waals surface area contributed by atoms with Crippen LogP contribution in [0.3, 0.4) is 0 Å². The molecule has 0 spiro atoms. The maximum absolute atomic E-state index is 11.6. The van der Waals surface area contributed by atoms with Gasteiger partial charge in [0.1, 0.15) is 0 Å². The van der Waals surface area contributed by atoms with Crippen LogP contribution in [0.1, 0.15) is 19.8 Å². The van der Waals surface area contributed by atoms with E-state index in [1.54, 1.807) is 6.07 Å². The summed E-state index contributed by atoms with van der Waals surface area (Å²) in [5, 5.41) is 2.88. The lowest BCUT2D eigenvalue weighted by atomic mass is 10.2. The van der Waals surface area contributed by atoms with Crippen molar-refractivity contribution in [3.05, 3.63) is 23.2 Å². The number of halogens is 1. The minimum atomic E-state index is -3.39. The Balaban J connectivity index is 2.70. The van der Waals surface area contributed by atoms with E-state index < -0.39 is 10.0 Å². The molecule has 0 bridgehead atoms. The molecular weight excluding hydrogens is 302 g/mol. The Labute approximate surface area is 123 Å². The van der Waals surface area contributed by atoms with Crippen molar-refractivity contribution in [1.82, 2.24) is 0 Å². The maximum atomic E-state index is 11.6. The van der Waals surface area contributed by atoms with Gasteiger partial charge in [-0.3, -0.25) is 9.52 Å². The lowest BCUT2D eigenvalue weighted by Crippen LogP contribution is -2.19. The number of hydrogen-bond acceptors (Lipinski definition) is 4. The van der Waals surface area contributed by atoms with Crippen LogP contribution in [0, 0.1) is 0 Å². The summed E-state index contributed by atoms with van der Waals surface area (Å²) >= 11 is 5.95. The van der Waals surface area contributed by atoms with Gasteiger partial charge in [-0.05, 0) is 31.5 Å². The maximum Gasteiger partial charge on any atom is 0.229 e. The first-order valence-electron chi connectivity index (χ1n) is 6.00. The van der Waals surface area contributed by atoms with Crippen molar-refractivity contribution >= 4 is 38.9 Å². The SMILES string of the molecule is CC(N)CCC(=O)Nc1ccc(NS(C)(=O)=O)c(Cl)c1. The van der Waals surface area contributed by atoms with E-state index in [1.807, 2.05) is 6.92 Å². The number of anilines is 2. The third-order valence-corrected chi connectivity index (χ3v) is 3.28. The Bertz CT molecular complexity index is 588. The van der Waals surface area contributed by atoms with Crippen molar-refractivity contribution < 1.29 is 13.2 Å². The van der Waals surface area contributed by atoms with Crippen molar-refractivity contribution in [2.24, 2.45) is 5.73 Å². The smallest absolute Gasteiger partial charge is 0.229 e. The molecule has 0 saturated heterocycles. The van der Waals surface area contributed by atoms with Crippen LogP contribution < -0.4 is 15.8 Å². The van der Waals surface area contributed by atoms with Crippen LogP contribution in [0.4, 0.5) is 11.4 Å². The average molecular weight is 320 g/mol. The Morgan fingerprint density at radius 2 is 2.10 bits per heavy atom. The normalized spacial score (nSPS) is 12.8. The Kier molecular flexibility index (Phi) is 5.79. The van der Waals surface area contributed by atoms with E-state index in [2.05, 4.69) is 10.0 Å². The molecule has 1 rings (SSSR count). The largest absolute Gasteiger partial charge is 0.328 e. The Hall–Kier alpha value is -1.31. The summed E-state index contributed by atoms with van der Waals surface area (Å²) < 4.78 is 24.5. The van der Waals surface area contributed by atoms with E-state index in [4.69, 9.17) is 17.3 Å². The van der Waals surface area contributed by atoms with Gasteiger partial charge < -0.3 is 11.1 Å². The summed E-state index contributed by atoms with van der Waals surface area (Å²) in [5.41, 5.74) is 6.34. The van der Waals surface area contributed by atoms with E-state index in [-0.39, 0.29) is 22.7 Å². The topological polar surface area (TPSA) is 101 Å². The molecule has 112 valence electrons. The fourth-order valence-electron chi connectivity index (χ4n) is 1.46. The fraction of sp³-hybridized carbons (Fsp3) is 0.417. The molecule has 8 heteroatoms. The lowest BCUT2D eigenvalue weighted by molar-refractivity contribution is -0.116. The van der Waals surface area contributed by atoms with Crippen molar-refractivity contribution in [3.8, 4) is 0 Å². The highest BCUT2D eigenvalue weighted by atomic mass is 35.5. The number of nitrogens with two attached hydrogens (primary N) is 1. The first-order valence-corrected chi connectivity index (χ1v) is 8.27. The van der Waals surface area contributed by atoms with Crippen molar-refractivity contribution in [3.63, 3.8) is 0 Å². The number of sulfonamides is 1. The molecule has 0 aliphatic carbocycles. The summed E-state index contributed by atoms with van der Waals surface area (Å²) in [6.07, 6.45) is 1.94. The zero-order chi connectivity index (χ0) is 15.3. The highest BCUT2D eigenvalue weighted by molar-refractivity contribution is 7.92. The minimum Gasteiger partial charge on any atom is -0.328 e. The third kappa shape index (κ3) is 6.23. The van der Waals surface area contributed by atoms with E-state index in [1.165, 1.54) is 12.1 Å². The van der Waals surface area contributed by atoms with Gasteiger partial charge in [-0.1, -0.05) is 11.6 Å². The van der Waals surface area contributed by atoms with Gasteiger partial charge in [0, 0.05) is 18.2 Å². The highest BCUT2D eigenvalue weighted by Crippen LogP contribution is 2.26. The van der Waals surface area contributed by atoms with Crippen LogP contribution in [0.5, 0.6) is 0 Å². The highest BCUT2D eigenvalue weighted by Gasteiger charge is 2.09. The number of benzene rings is 1. The van der Waals surface area contributed by atoms with Gasteiger partial charge in [0.2, 0.25) is 15.9 Å². The predicted molar refractivity (Wildman–Crippen MR) is 81.4 cm³/mol. The van der Waals surface area contributed by atoms with Crippen molar-refractivity contribution in [2.45, 2.75) is 25.8 Å². The second-order valence-corrected chi connectivity index (χ2v) is 6.79. The first-order chi connectivity index (χ1) is 9.17. The van der Waals surface area contributed by atoms with Gasteiger partial charge in [0.05, 0.1) is 17.0 Å². The molecule has 1 aromatic rings. The standard InChI is InChI=1S/C12H18ClN3O3S/c1-8(14)3-6-12(17)15-9-4-5-11(10(13)7-9)16-20(2,18)19/h4-5,7-8,16H,3,6,14H2,1-2H3,(H,15,17). The Morgan fingerprint density at radius 3 is 2.60 bits per heavy atom. The van der Waals surface area contributed by atoms with Gasteiger partial charge in [0.25, 0.3) is 0 Å². The summed E-state index contributed by atoms with van der Waals surface area (Å²) in [6, 6.07) is 4.51. The van der Waals surface area contributed by atoms with Gasteiger partial charge in [-0.2, -0.15) is 0 Å². The Morgan fingerprint density at radius 1 is 1.45 bits per heavy atom. The van der Waals surface area contributed by atoms with Crippen molar-refractivity contribution in [1.29, 1.82) is 0 Å². The molecular formula is C12H18ClN3O3S. The average Bonchev–Trinajstić information content (AvgIpc) is 2.28. The first kappa shape index (κ1) is 16.7. The van der Waals surface area contributed by atoms with Gasteiger partial charge in [-0.25, -0.2) is 8.42 Å². The molecule has 4 N–H and O–H groups in total. The monoisotopic (exact) mass is 319 g/mol. The number of carbonyl (C=O) groups is 1. The molecule has 0 aliphatic rings. The van der Waals surface area contributed by atoms with E-state index in [9.17, 15) is 13.2 Å². The number of nitrogens with one attached hydrogen (secondary N) is 2. The molecule has 20 heavy (non-hydrogen) atoms. The van der Waals surface area contributed by atoms with Gasteiger partial charge in [-0.15, -0.1) is 0 Å². The fourth-order valence-corrected chi connectivity index (χ4v) is 2.32. The second-order valence-electron chi connectivity index (χ2n) is 4.63. The number of carbonyl (C=O) groups excluding carboxylic acids is 1. The third-order valence-electron chi connectivity index (χ3n) is 2.37. The predicted octanol–water partition coefficient (Wildman–Crippen LogP) is 1.78. The lowest BCUT2D eigenvalue weighted by Gasteiger charge is -2.10. The van der Waals surface area contributed by atoms with Crippen molar-refractivity contribution in [2.75, 3.05) is 16.3 Å². The number of hydrogen-bond donors (Lipinski definition) is 3. The van der Waals surface area contributed by atoms with Crippen LogP contribution in [-0.4, -0.2) is 26.6 Å². The van der Waals surface area contributed by atoms with Crippen LogP contribution >= 0.6 is 11.6 Å². The molecule has 0 aromatic heterocycles. The molecule has 0 fully saturated rings. The number of amides is 1. The van der Waals surface area contributed by atoms with E-state index in [0.29, 0.717) is 18.5 Å². The molecule has 0 radical (unpaired) electrons. The molecule has 1 unspecified atom stereocenters. The molecule has 6 nitrogen and oxygen atoms in total. The number of rotatable bonds is 6. The molecule has 0 saturated carbocycles. The molecule has 0 heterocycles. The zero-order valence-corrected chi connectivity index (χ0v) is 12.9.